The van der Waals surface area contributed by atoms with Crippen LogP contribution in [0.5, 0.6) is 0 Å². The number of nitrogens with zero attached hydrogens (tertiary/aromatic N) is 2. The molecule has 0 amide bonds. The largest absolute Gasteiger partial charge is 0.309 e. The van der Waals surface area contributed by atoms with E-state index in [9.17, 15) is 0 Å². The summed E-state index contributed by atoms with van der Waals surface area (Å²) in [5.74, 6) is 0. The Kier molecular flexibility index (Phi) is 6.03. The van der Waals surface area contributed by atoms with E-state index in [1.54, 1.807) is 0 Å². The van der Waals surface area contributed by atoms with E-state index in [0.717, 1.165) is 19.4 Å². The van der Waals surface area contributed by atoms with Crippen molar-refractivity contribution in [1.29, 1.82) is 0 Å². The molecule has 0 rings (SSSR count). The van der Waals surface area contributed by atoms with Crippen molar-refractivity contribution >= 4 is 6.01 Å². The molecule has 0 heterocycles. The quantitative estimate of drug-likeness (QED) is 0.589. The summed E-state index contributed by atoms with van der Waals surface area (Å²) in [5.41, 5.74) is 5.54. The van der Waals surface area contributed by atoms with Gasteiger partial charge in [0.2, 0.25) is 0 Å². The SMILES string of the molecule is CCCC(N)N=C=NCC. The molecule has 0 aromatic heterocycles. The maximum Gasteiger partial charge on any atom is 0.108 e. The van der Waals surface area contributed by atoms with Crippen LogP contribution in [0.25, 0.3) is 0 Å². The maximum absolute atomic E-state index is 5.54. The second kappa shape index (κ2) is 6.46. The zero-order valence-electron chi connectivity index (χ0n) is 6.67. The second-order valence-electron chi connectivity index (χ2n) is 2.06. The van der Waals surface area contributed by atoms with Crippen LogP contribution in [0.15, 0.2) is 9.98 Å². The molecule has 0 bridgehead atoms. The minimum absolute atomic E-state index is 0.111. The molecule has 0 saturated heterocycles. The van der Waals surface area contributed by atoms with Crippen LogP contribution in [0.4, 0.5) is 0 Å². The third kappa shape index (κ3) is 5.48. The summed E-state index contributed by atoms with van der Waals surface area (Å²) in [7, 11) is 0. The molecule has 58 valence electrons. The van der Waals surface area contributed by atoms with Crippen molar-refractivity contribution in [3.8, 4) is 0 Å². The van der Waals surface area contributed by atoms with Crippen molar-refractivity contribution in [1.82, 2.24) is 0 Å². The minimum Gasteiger partial charge on any atom is -0.309 e. The Bertz CT molecular complexity index is 125. The van der Waals surface area contributed by atoms with Gasteiger partial charge in [0.05, 0.1) is 6.01 Å². The second-order valence-corrected chi connectivity index (χ2v) is 2.06. The van der Waals surface area contributed by atoms with Crippen LogP contribution >= 0.6 is 0 Å². The van der Waals surface area contributed by atoms with Gasteiger partial charge in [-0.05, 0) is 13.3 Å². The molecular weight excluding hydrogens is 126 g/mol. The fourth-order valence-electron chi connectivity index (χ4n) is 0.546. The first-order chi connectivity index (χ1) is 4.81. The van der Waals surface area contributed by atoms with Gasteiger partial charge in [0.1, 0.15) is 6.17 Å². The van der Waals surface area contributed by atoms with Crippen molar-refractivity contribution in [2.24, 2.45) is 15.7 Å². The zero-order chi connectivity index (χ0) is 7.82. The number of hydrogen-bond acceptors (Lipinski definition) is 3. The lowest BCUT2D eigenvalue weighted by Crippen LogP contribution is -2.15. The van der Waals surface area contributed by atoms with Crippen LogP contribution in [0, 0.1) is 0 Å². The molecule has 3 nitrogen and oxygen atoms in total. The Hall–Kier alpha value is -0.660. The number of rotatable bonds is 4. The van der Waals surface area contributed by atoms with E-state index in [4.69, 9.17) is 5.73 Å². The van der Waals surface area contributed by atoms with Gasteiger partial charge in [-0.1, -0.05) is 13.3 Å². The van der Waals surface area contributed by atoms with E-state index in [1.807, 2.05) is 6.92 Å². The van der Waals surface area contributed by atoms with Crippen molar-refractivity contribution in [2.45, 2.75) is 32.9 Å². The zero-order valence-corrected chi connectivity index (χ0v) is 6.67. The van der Waals surface area contributed by atoms with Gasteiger partial charge >= 0.3 is 0 Å². The summed E-state index contributed by atoms with van der Waals surface area (Å²) in [6.07, 6.45) is 1.85. The minimum atomic E-state index is -0.111. The molecular formula is C7H15N3. The van der Waals surface area contributed by atoms with Crippen molar-refractivity contribution in [3.63, 3.8) is 0 Å². The van der Waals surface area contributed by atoms with E-state index in [1.165, 1.54) is 0 Å². The maximum atomic E-state index is 5.54. The summed E-state index contributed by atoms with van der Waals surface area (Å²) >= 11 is 0. The van der Waals surface area contributed by atoms with Gasteiger partial charge in [-0.3, -0.25) is 0 Å². The molecule has 0 fully saturated rings. The molecule has 0 aromatic rings. The van der Waals surface area contributed by atoms with E-state index < -0.39 is 0 Å². The van der Waals surface area contributed by atoms with Crippen molar-refractivity contribution < 1.29 is 0 Å². The average Bonchev–Trinajstić information content (AvgIpc) is 1.89. The summed E-state index contributed by atoms with van der Waals surface area (Å²) in [6, 6.07) is 2.54. The van der Waals surface area contributed by atoms with Crippen LogP contribution < -0.4 is 5.73 Å². The lowest BCUT2D eigenvalue weighted by atomic mass is 10.3. The van der Waals surface area contributed by atoms with Gasteiger partial charge in [-0.2, -0.15) is 0 Å². The molecule has 0 radical (unpaired) electrons. The highest BCUT2D eigenvalue weighted by Crippen LogP contribution is 1.91. The predicted octanol–water partition coefficient (Wildman–Crippen LogP) is 1.27. The fraction of sp³-hybridized carbons (Fsp3) is 0.857. The van der Waals surface area contributed by atoms with Crippen LogP contribution in [-0.4, -0.2) is 18.7 Å². The lowest BCUT2D eigenvalue weighted by molar-refractivity contribution is 0.632. The summed E-state index contributed by atoms with van der Waals surface area (Å²) in [5, 5.41) is 0. The van der Waals surface area contributed by atoms with Crippen molar-refractivity contribution in [3.05, 3.63) is 0 Å². The molecule has 0 aliphatic carbocycles. The Morgan fingerprint density at radius 2 is 2.20 bits per heavy atom. The first-order valence-electron chi connectivity index (χ1n) is 3.68. The van der Waals surface area contributed by atoms with Crippen LogP contribution in [-0.2, 0) is 0 Å². The van der Waals surface area contributed by atoms with Crippen LogP contribution in [0.3, 0.4) is 0 Å². The van der Waals surface area contributed by atoms with Gasteiger partial charge in [-0.25, -0.2) is 9.98 Å². The molecule has 0 spiro atoms. The first kappa shape index (κ1) is 9.34. The van der Waals surface area contributed by atoms with Gasteiger partial charge in [0, 0.05) is 6.54 Å². The Labute approximate surface area is 62.1 Å². The fourth-order valence-corrected chi connectivity index (χ4v) is 0.546. The van der Waals surface area contributed by atoms with Crippen LogP contribution in [0.2, 0.25) is 0 Å². The lowest BCUT2D eigenvalue weighted by Gasteiger charge is -1.98. The Morgan fingerprint density at radius 3 is 2.70 bits per heavy atom. The number of aliphatic imine (C=N–C) groups is 2. The third-order valence-electron chi connectivity index (χ3n) is 1.04. The van der Waals surface area contributed by atoms with Crippen molar-refractivity contribution in [2.75, 3.05) is 6.54 Å². The highest BCUT2D eigenvalue weighted by Gasteiger charge is 1.92. The average molecular weight is 141 g/mol. The topological polar surface area (TPSA) is 50.7 Å². The van der Waals surface area contributed by atoms with E-state index in [-0.39, 0.29) is 6.17 Å². The molecule has 0 aliphatic rings. The summed E-state index contributed by atoms with van der Waals surface area (Å²) in [6.45, 7) is 4.74. The van der Waals surface area contributed by atoms with Gasteiger partial charge in [-0.15, -0.1) is 0 Å². The van der Waals surface area contributed by atoms with E-state index >= 15 is 0 Å². The molecule has 1 atom stereocenters. The molecule has 0 aromatic carbocycles. The van der Waals surface area contributed by atoms with Gasteiger partial charge < -0.3 is 5.73 Å². The highest BCUT2D eigenvalue weighted by molar-refractivity contribution is 5.41. The smallest absolute Gasteiger partial charge is 0.108 e. The summed E-state index contributed by atoms with van der Waals surface area (Å²) in [4.78, 5) is 7.66. The first-order valence-corrected chi connectivity index (χ1v) is 3.68. The number of nitrogens with two attached hydrogens (primary N) is 1. The van der Waals surface area contributed by atoms with Gasteiger partial charge in [0.25, 0.3) is 0 Å². The predicted molar refractivity (Wildman–Crippen MR) is 43.3 cm³/mol. The molecule has 0 aliphatic heterocycles. The Morgan fingerprint density at radius 1 is 1.50 bits per heavy atom. The molecule has 10 heavy (non-hydrogen) atoms. The Balaban J connectivity index is 3.54. The van der Waals surface area contributed by atoms with E-state index in [0.29, 0.717) is 0 Å². The van der Waals surface area contributed by atoms with E-state index in [2.05, 4.69) is 22.9 Å². The van der Waals surface area contributed by atoms with Crippen LogP contribution in [0.1, 0.15) is 26.7 Å². The molecule has 3 heteroatoms. The standard InChI is InChI=1S/C7H15N3/c1-3-5-7(8)10-6-9-4-2/h7H,3-5,8H2,1-2H3. The highest BCUT2D eigenvalue weighted by atomic mass is 14.9. The number of hydrogen-bond donors (Lipinski definition) is 1. The summed E-state index contributed by atoms with van der Waals surface area (Å²) < 4.78 is 0. The molecule has 0 saturated carbocycles. The van der Waals surface area contributed by atoms with Gasteiger partial charge in [0.15, 0.2) is 0 Å². The molecule has 2 N–H and O–H groups in total. The molecule has 1 unspecified atom stereocenters. The third-order valence-corrected chi connectivity index (χ3v) is 1.04. The normalized spacial score (nSPS) is 11.9. The monoisotopic (exact) mass is 141 g/mol.